The Morgan fingerprint density at radius 3 is 2.61 bits per heavy atom. The van der Waals surface area contributed by atoms with Crippen LogP contribution in [0.4, 0.5) is 0 Å². The molecule has 23 heavy (non-hydrogen) atoms. The molecule has 0 spiro atoms. The maximum Gasteiger partial charge on any atom is 0.0881 e. The molecule has 0 aliphatic heterocycles. The van der Waals surface area contributed by atoms with Crippen LogP contribution in [0.1, 0.15) is 65.2 Å². The van der Waals surface area contributed by atoms with Crippen molar-refractivity contribution in [2.45, 2.75) is 76.9 Å². The van der Waals surface area contributed by atoms with Crippen LogP contribution in [0.25, 0.3) is 0 Å². The van der Waals surface area contributed by atoms with E-state index in [2.05, 4.69) is 26.5 Å². The Labute approximate surface area is 140 Å². The van der Waals surface area contributed by atoms with Crippen molar-refractivity contribution in [1.29, 1.82) is 0 Å². The van der Waals surface area contributed by atoms with E-state index in [0.29, 0.717) is 17.3 Å². The number of fused-ring (bicyclic) bond motifs is 5. The van der Waals surface area contributed by atoms with Gasteiger partial charge in [0, 0.05) is 5.41 Å². The molecule has 0 bridgehead atoms. The van der Waals surface area contributed by atoms with Gasteiger partial charge in [-0.15, -0.1) is 6.58 Å². The summed E-state index contributed by atoms with van der Waals surface area (Å²) in [6, 6.07) is 0. The average molecular weight is 316 g/mol. The Hall–Kier alpha value is -0.600. The number of allylic oxidation sites excluding steroid dienone is 1. The zero-order valence-corrected chi connectivity index (χ0v) is 14.7. The first-order valence-corrected chi connectivity index (χ1v) is 9.58. The summed E-state index contributed by atoms with van der Waals surface area (Å²) in [6.45, 7) is 8.72. The second kappa shape index (κ2) is 4.95. The predicted molar refractivity (Wildman–Crippen MR) is 92.9 cm³/mol. The summed E-state index contributed by atoms with van der Waals surface area (Å²) in [5.74, 6) is 2.05. The van der Waals surface area contributed by atoms with Gasteiger partial charge in [-0.2, -0.15) is 0 Å². The summed E-state index contributed by atoms with van der Waals surface area (Å²) in [5.41, 5.74) is 1.15. The number of hydrogen-bond acceptors (Lipinski definition) is 2. The van der Waals surface area contributed by atoms with Gasteiger partial charge < -0.3 is 10.2 Å². The molecule has 2 nitrogen and oxygen atoms in total. The lowest BCUT2D eigenvalue weighted by Gasteiger charge is -2.58. The van der Waals surface area contributed by atoms with Crippen LogP contribution in [0.2, 0.25) is 0 Å². The molecule has 4 aliphatic rings. The van der Waals surface area contributed by atoms with E-state index < -0.39 is 5.60 Å². The number of aliphatic hydroxyl groups is 2. The van der Waals surface area contributed by atoms with Crippen LogP contribution in [0.5, 0.6) is 0 Å². The molecule has 0 aromatic rings. The standard InChI is InChI=1S/C21H32O2/c1-4-21(23)12-9-18-16-6-5-14-13-15(22)7-10-19(14,2)17(16)8-11-20(18,21)3/h4-5,15-18,22-23H,1,6-13H2,2-3H3/t15-,16+,17-,18-,19-,20-,21+/m0/s1. The average Bonchev–Trinajstić information content (AvgIpc) is 2.80. The largest absolute Gasteiger partial charge is 0.393 e. The molecular weight excluding hydrogens is 284 g/mol. The maximum atomic E-state index is 11.1. The minimum absolute atomic E-state index is 0.00575. The molecule has 0 saturated heterocycles. The van der Waals surface area contributed by atoms with E-state index in [4.69, 9.17) is 0 Å². The van der Waals surface area contributed by atoms with Crippen molar-refractivity contribution in [2.75, 3.05) is 0 Å². The van der Waals surface area contributed by atoms with Crippen LogP contribution in [-0.4, -0.2) is 21.9 Å². The van der Waals surface area contributed by atoms with Gasteiger partial charge in [0.25, 0.3) is 0 Å². The second-order valence-electron chi connectivity index (χ2n) is 9.28. The molecule has 0 aromatic carbocycles. The first-order chi connectivity index (χ1) is 10.8. The maximum absolute atomic E-state index is 11.1. The monoisotopic (exact) mass is 316 g/mol. The first kappa shape index (κ1) is 15.9. The van der Waals surface area contributed by atoms with Crippen molar-refractivity contribution in [1.82, 2.24) is 0 Å². The third kappa shape index (κ3) is 1.94. The Kier molecular flexibility index (Phi) is 3.42. The summed E-state index contributed by atoms with van der Waals surface area (Å²) in [6.07, 6.45) is 12.6. The number of hydrogen-bond donors (Lipinski definition) is 2. The topological polar surface area (TPSA) is 40.5 Å². The summed E-state index contributed by atoms with van der Waals surface area (Å²) in [7, 11) is 0. The molecule has 2 heteroatoms. The normalized spacial score (nSPS) is 55.4. The minimum Gasteiger partial charge on any atom is -0.393 e. The van der Waals surface area contributed by atoms with Crippen LogP contribution < -0.4 is 0 Å². The molecule has 0 amide bonds. The number of rotatable bonds is 1. The van der Waals surface area contributed by atoms with Crippen molar-refractivity contribution in [3.05, 3.63) is 24.3 Å². The molecule has 3 fully saturated rings. The van der Waals surface area contributed by atoms with Gasteiger partial charge in [-0.05, 0) is 74.5 Å². The van der Waals surface area contributed by atoms with Gasteiger partial charge in [-0.25, -0.2) is 0 Å². The molecule has 0 radical (unpaired) electrons. The lowest BCUT2D eigenvalue weighted by atomic mass is 9.47. The molecule has 0 heterocycles. The zero-order valence-electron chi connectivity index (χ0n) is 14.7. The third-order valence-corrected chi connectivity index (χ3v) is 8.63. The van der Waals surface area contributed by atoms with Crippen molar-refractivity contribution in [3.8, 4) is 0 Å². The van der Waals surface area contributed by atoms with Gasteiger partial charge in [0.15, 0.2) is 0 Å². The molecule has 0 unspecified atom stereocenters. The van der Waals surface area contributed by atoms with E-state index in [1.165, 1.54) is 12.0 Å². The van der Waals surface area contributed by atoms with Crippen molar-refractivity contribution >= 4 is 0 Å². The number of aliphatic hydroxyl groups excluding tert-OH is 1. The van der Waals surface area contributed by atoms with Gasteiger partial charge in [0.05, 0.1) is 11.7 Å². The summed E-state index contributed by atoms with van der Waals surface area (Å²) >= 11 is 0. The highest BCUT2D eigenvalue weighted by atomic mass is 16.3. The van der Waals surface area contributed by atoms with Crippen LogP contribution >= 0.6 is 0 Å². The van der Waals surface area contributed by atoms with Gasteiger partial charge in [0.2, 0.25) is 0 Å². The van der Waals surface area contributed by atoms with E-state index >= 15 is 0 Å². The van der Waals surface area contributed by atoms with Crippen molar-refractivity contribution < 1.29 is 10.2 Å². The van der Waals surface area contributed by atoms with Gasteiger partial charge >= 0.3 is 0 Å². The van der Waals surface area contributed by atoms with E-state index in [-0.39, 0.29) is 11.5 Å². The SMILES string of the molecule is C=C[C@@]1(O)CC[C@H]2[C@@H]3CC=C4C[C@@H](O)CC[C@]4(C)[C@H]3CC[C@@]21C. The van der Waals surface area contributed by atoms with Crippen molar-refractivity contribution in [2.24, 2.45) is 28.6 Å². The highest BCUT2D eigenvalue weighted by Crippen LogP contribution is 2.67. The Morgan fingerprint density at radius 2 is 1.87 bits per heavy atom. The van der Waals surface area contributed by atoms with Gasteiger partial charge in [-0.1, -0.05) is 31.6 Å². The Morgan fingerprint density at radius 1 is 1.13 bits per heavy atom. The van der Waals surface area contributed by atoms with Crippen LogP contribution in [-0.2, 0) is 0 Å². The van der Waals surface area contributed by atoms with E-state index in [1.807, 2.05) is 6.08 Å². The third-order valence-electron chi connectivity index (χ3n) is 8.63. The summed E-state index contributed by atoms with van der Waals surface area (Å²) in [5, 5.41) is 21.2. The van der Waals surface area contributed by atoms with Crippen LogP contribution in [0.3, 0.4) is 0 Å². The fourth-order valence-electron chi connectivity index (χ4n) is 7.03. The summed E-state index contributed by atoms with van der Waals surface area (Å²) < 4.78 is 0. The molecule has 3 saturated carbocycles. The Bertz CT molecular complexity index is 552. The van der Waals surface area contributed by atoms with E-state index in [1.54, 1.807) is 0 Å². The van der Waals surface area contributed by atoms with Crippen LogP contribution in [0, 0.1) is 28.6 Å². The Balaban J connectivity index is 1.69. The zero-order chi connectivity index (χ0) is 16.5. The van der Waals surface area contributed by atoms with Gasteiger partial charge in [-0.3, -0.25) is 0 Å². The predicted octanol–water partition coefficient (Wildman–Crippen LogP) is 4.23. The first-order valence-electron chi connectivity index (χ1n) is 9.58. The molecule has 128 valence electrons. The van der Waals surface area contributed by atoms with Crippen LogP contribution in [0.15, 0.2) is 24.3 Å². The smallest absolute Gasteiger partial charge is 0.0881 e. The second-order valence-corrected chi connectivity index (χ2v) is 9.28. The summed E-state index contributed by atoms with van der Waals surface area (Å²) in [4.78, 5) is 0. The molecule has 2 N–H and O–H groups in total. The fourth-order valence-corrected chi connectivity index (χ4v) is 7.03. The van der Waals surface area contributed by atoms with E-state index in [0.717, 1.165) is 50.9 Å². The molecule has 4 rings (SSSR count). The van der Waals surface area contributed by atoms with E-state index in [9.17, 15) is 10.2 Å². The van der Waals surface area contributed by atoms with Crippen molar-refractivity contribution in [3.63, 3.8) is 0 Å². The molecular formula is C21H32O2. The highest BCUT2D eigenvalue weighted by molar-refractivity contribution is 5.27. The fraction of sp³-hybridized carbons (Fsp3) is 0.810. The lowest BCUT2D eigenvalue weighted by molar-refractivity contribution is -0.101. The minimum atomic E-state index is -0.670. The highest BCUT2D eigenvalue weighted by Gasteiger charge is 2.62. The van der Waals surface area contributed by atoms with Gasteiger partial charge in [0.1, 0.15) is 0 Å². The quantitative estimate of drug-likeness (QED) is 0.711. The molecule has 4 aliphatic carbocycles. The molecule has 0 aromatic heterocycles. The lowest BCUT2D eigenvalue weighted by Crippen LogP contribution is -2.54. The molecule has 7 atom stereocenters.